The summed E-state index contributed by atoms with van der Waals surface area (Å²) in [6, 6.07) is 22.4. The number of ether oxygens (including phenoxy) is 2. The Morgan fingerprint density at radius 3 is 2.19 bits per heavy atom. The largest absolute Gasteiger partial charge is 0.457 e. The molecule has 3 aromatic carbocycles. The van der Waals surface area contributed by atoms with Crippen LogP contribution >= 0.6 is 0 Å². The Bertz CT molecular complexity index is 1170. The highest BCUT2D eigenvalue weighted by Crippen LogP contribution is 2.23. The van der Waals surface area contributed by atoms with Gasteiger partial charge < -0.3 is 14.8 Å². The van der Waals surface area contributed by atoms with Crippen LogP contribution in [0.3, 0.4) is 0 Å². The Morgan fingerprint density at radius 1 is 0.875 bits per heavy atom. The predicted octanol–water partition coefficient (Wildman–Crippen LogP) is 3.33. The van der Waals surface area contributed by atoms with Gasteiger partial charge in [-0.05, 0) is 43.3 Å². The van der Waals surface area contributed by atoms with Crippen LogP contribution in [0.25, 0.3) is 0 Å². The fraction of sp³-hybridized carbons (Fsp3) is 0.130. The van der Waals surface area contributed by atoms with E-state index in [9.17, 15) is 18.0 Å². The van der Waals surface area contributed by atoms with Crippen LogP contribution in [0.15, 0.2) is 89.8 Å². The quantitative estimate of drug-likeness (QED) is 0.480. The lowest BCUT2D eigenvalue weighted by molar-refractivity contribution is -0.148. The third-order valence-electron chi connectivity index (χ3n) is 4.18. The maximum absolute atomic E-state index is 12.3. The van der Waals surface area contributed by atoms with Crippen LogP contribution in [0.2, 0.25) is 0 Å². The van der Waals surface area contributed by atoms with Gasteiger partial charge in [0, 0.05) is 11.8 Å². The molecule has 3 rings (SSSR count). The van der Waals surface area contributed by atoms with Crippen LogP contribution in [-0.2, 0) is 24.3 Å². The molecule has 1 amide bonds. The van der Waals surface area contributed by atoms with E-state index in [1.165, 1.54) is 19.1 Å². The van der Waals surface area contributed by atoms with Crippen LogP contribution < -0.4 is 14.8 Å². The van der Waals surface area contributed by atoms with E-state index in [1.54, 1.807) is 54.6 Å². The maximum Gasteiger partial charge on any atom is 0.324 e. The number of anilines is 1. The lowest BCUT2D eigenvalue weighted by Crippen LogP contribution is -2.40. The Kier molecular flexibility index (Phi) is 7.58. The standard InChI is InChI=1S/C23H22N2O6S/c1-17(25-32(28,29)21-13-6-3-7-14-21)23(27)30-16-22(26)24-18-9-8-12-20(15-18)31-19-10-4-2-5-11-19/h2-15,17,25H,16H2,1H3,(H,24,26). The zero-order chi connectivity index (χ0) is 23.0. The summed E-state index contributed by atoms with van der Waals surface area (Å²) in [7, 11) is -3.89. The second kappa shape index (κ2) is 10.6. The molecule has 32 heavy (non-hydrogen) atoms. The zero-order valence-corrected chi connectivity index (χ0v) is 18.0. The molecule has 0 heterocycles. The summed E-state index contributed by atoms with van der Waals surface area (Å²) < 4.78 is 37.4. The van der Waals surface area contributed by atoms with E-state index in [4.69, 9.17) is 9.47 Å². The van der Waals surface area contributed by atoms with Gasteiger partial charge in [0.25, 0.3) is 5.91 Å². The average Bonchev–Trinajstić information content (AvgIpc) is 2.78. The van der Waals surface area contributed by atoms with Gasteiger partial charge in [-0.25, -0.2) is 8.42 Å². The highest BCUT2D eigenvalue weighted by Gasteiger charge is 2.23. The van der Waals surface area contributed by atoms with Crippen molar-refractivity contribution in [3.05, 3.63) is 84.9 Å². The molecule has 1 unspecified atom stereocenters. The maximum atomic E-state index is 12.3. The molecule has 0 aliphatic carbocycles. The smallest absolute Gasteiger partial charge is 0.324 e. The molecule has 0 aliphatic rings. The molecule has 8 nitrogen and oxygen atoms in total. The fourth-order valence-electron chi connectivity index (χ4n) is 2.67. The van der Waals surface area contributed by atoms with E-state index in [1.807, 2.05) is 18.2 Å². The topological polar surface area (TPSA) is 111 Å². The van der Waals surface area contributed by atoms with Crippen molar-refractivity contribution in [3.8, 4) is 11.5 Å². The van der Waals surface area contributed by atoms with Crippen molar-refractivity contribution in [2.45, 2.75) is 17.9 Å². The van der Waals surface area contributed by atoms with Crippen molar-refractivity contribution < 1.29 is 27.5 Å². The van der Waals surface area contributed by atoms with Crippen molar-refractivity contribution in [2.75, 3.05) is 11.9 Å². The Morgan fingerprint density at radius 2 is 1.50 bits per heavy atom. The summed E-state index contributed by atoms with van der Waals surface area (Å²) in [6.07, 6.45) is 0. The summed E-state index contributed by atoms with van der Waals surface area (Å²) in [5.74, 6) is -0.277. The summed E-state index contributed by atoms with van der Waals surface area (Å²) in [5.41, 5.74) is 0.456. The number of esters is 1. The molecular weight excluding hydrogens is 432 g/mol. The minimum Gasteiger partial charge on any atom is -0.457 e. The molecule has 0 aliphatic heterocycles. The van der Waals surface area contributed by atoms with Gasteiger partial charge in [-0.1, -0.05) is 42.5 Å². The van der Waals surface area contributed by atoms with Crippen LogP contribution in [0.4, 0.5) is 5.69 Å². The van der Waals surface area contributed by atoms with Crippen molar-refractivity contribution in [1.82, 2.24) is 4.72 Å². The molecule has 1 atom stereocenters. The summed E-state index contributed by atoms with van der Waals surface area (Å²) >= 11 is 0. The van der Waals surface area contributed by atoms with Gasteiger partial charge in [-0.15, -0.1) is 0 Å². The van der Waals surface area contributed by atoms with Crippen LogP contribution in [0.1, 0.15) is 6.92 Å². The van der Waals surface area contributed by atoms with E-state index < -0.39 is 34.5 Å². The summed E-state index contributed by atoms with van der Waals surface area (Å²) in [5, 5.41) is 2.60. The summed E-state index contributed by atoms with van der Waals surface area (Å²) in [4.78, 5) is 24.3. The molecule has 3 aromatic rings. The third-order valence-corrected chi connectivity index (χ3v) is 5.74. The first-order valence-electron chi connectivity index (χ1n) is 9.70. The van der Waals surface area contributed by atoms with Gasteiger partial charge >= 0.3 is 5.97 Å². The number of benzene rings is 3. The van der Waals surface area contributed by atoms with Gasteiger partial charge in [0.15, 0.2) is 6.61 Å². The lowest BCUT2D eigenvalue weighted by Gasteiger charge is -2.14. The van der Waals surface area contributed by atoms with Crippen molar-refractivity contribution in [2.24, 2.45) is 0 Å². The predicted molar refractivity (Wildman–Crippen MR) is 119 cm³/mol. The van der Waals surface area contributed by atoms with Gasteiger partial charge in [0.05, 0.1) is 4.90 Å². The Labute approximate surface area is 186 Å². The van der Waals surface area contributed by atoms with Crippen LogP contribution in [0, 0.1) is 0 Å². The first-order valence-corrected chi connectivity index (χ1v) is 11.2. The van der Waals surface area contributed by atoms with Crippen molar-refractivity contribution in [3.63, 3.8) is 0 Å². The number of para-hydroxylation sites is 1. The summed E-state index contributed by atoms with van der Waals surface area (Å²) in [6.45, 7) is 0.769. The molecule has 0 radical (unpaired) electrons. The van der Waals surface area contributed by atoms with Crippen LogP contribution in [-0.4, -0.2) is 32.9 Å². The molecule has 0 fully saturated rings. The Balaban J connectivity index is 1.50. The highest BCUT2D eigenvalue weighted by atomic mass is 32.2. The molecular formula is C23H22N2O6S. The second-order valence-electron chi connectivity index (χ2n) is 6.75. The lowest BCUT2D eigenvalue weighted by atomic mass is 10.3. The number of nitrogens with one attached hydrogen (secondary N) is 2. The number of carbonyl (C=O) groups excluding carboxylic acids is 2. The average molecular weight is 455 g/mol. The first kappa shape index (κ1) is 23.0. The van der Waals surface area contributed by atoms with E-state index >= 15 is 0 Å². The van der Waals surface area contributed by atoms with Gasteiger partial charge in [-0.2, -0.15) is 4.72 Å². The number of hydrogen-bond acceptors (Lipinski definition) is 6. The van der Waals surface area contributed by atoms with E-state index in [-0.39, 0.29) is 4.90 Å². The van der Waals surface area contributed by atoms with Crippen molar-refractivity contribution >= 4 is 27.6 Å². The minimum atomic E-state index is -3.89. The minimum absolute atomic E-state index is 0.0231. The number of sulfonamides is 1. The van der Waals surface area contributed by atoms with Crippen molar-refractivity contribution in [1.29, 1.82) is 0 Å². The van der Waals surface area contributed by atoms with E-state index in [0.717, 1.165) is 0 Å². The molecule has 0 saturated carbocycles. The number of amides is 1. The molecule has 166 valence electrons. The molecule has 9 heteroatoms. The second-order valence-corrected chi connectivity index (χ2v) is 8.47. The van der Waals surface area contributed by atoms with Gasteiger partial charge in [-0.3, -0.25) is 9.59 Å². The van der Waals surface area contributed by atoms with Crippen LogP contribution in [0.5, 0.6) is 11.5 Å². The number of carbonyl (C=O) groups is 2. The molecule has 0 saturated heterocycles. The first-order chi connectivity index (χ1) is 15.3. The highest BCUT2D eigenvalue weighted by molar-refractivity contribution is 7.89. The molecule has 0 aromatic heterocycles. The zero-order valence-electron chi connectivity index (χ0n) is 17.2. The monoisotopic (exact) mass is 454 g/mol. The van der Waals surface area contributed by atoms with Gasteiger partial charge in [0.2, 0.25) is 10.0 Å². The molecule has 2 N–H and O–H groups in total. The van der Waals surface area contributed by atoms with E-state index in [2.05, 4.69) is 10.0 Å². The molecule has 0 bridgehead atoms. The SMILES string of the molecule is CC(NS(=O)(=O)c1ccccc1)C(=O)OCC(=O)Nc1cccc(Oc2ccccc2)c1. The Hall–Kier alpha value is -3.69. The number of rotatable bonds is 9. The van der Waals surface area contributed by atoms with Gasteiger partial charge in [0.1, 0.15) is 17.5 Å². The fourth-order valence-corrected chi connectivity index (χ4v) is 3.88. The molecule has 0 spiro atoms. The number of hydrogen-bond donors (Lipinski definition) is 2. The van der Waals surface area contributed by atoms with E-state index in [0.29, 0.717) is 17.2 Å². The normalized spacial score (nSPS) is 11.9. The third kappa shape index (κ3) is 6.66.